The lowest BCUT2D eigenvalue weighted by Gasteiger charge is -2.23. The summed E-state index contributed by atoms with van der Waals surface area (Å²) in [5, 5.41) is 8.85. The highest BCUT2D eigenvalue weighted by Gasteiger charge is 2.53. The van der Waals surface area contributed by atoms with Crippen LogP contribution in [0.4, 0.5) is 0 Å². The van der Waals surface area contributed by atoms with Crippen molar-refractivity contribution in [2.24, 2.45) is 11.3 Å². The number of carbonyl (C=O) groups is 1. The summed E-state index contributed by atoms with van der Waals surface area (Å²) in [5.74, 6) is -0.398. The molecule has 2 aliphatic rings. The van der Waals surface area contributed by atoms with Crippen molar-refractivity contribution in [2.45, 2.75) is 42.4 Å². The molecule has 3 rings (SSSR count). The molecule has 0 bridgehead atoms. The van der Waals surface area contributed by atoms with Crippen LogP contribution in [0.1, 0.15) is 26.2 Å². The number of nitrogens with zero attached hydrogens (tertiary/aromatic N) is 2. The second-order valence-electron chi connectivity index (χ2n) is 7.18. The molecule has 3 unspecified atom stereocenters. The van der Waals surface area contributed by atoms with E-state index in [4.69, 9.17) is 11.6 Å². The third-order valence-electron chi connectivity index (χ3n) is 5.69. The fraction of sp³-hybridized carbons (Fsp3) is 0.556. The van der Waals surface area contributed by atoms with Crippen molar-refractivity contribution in [3.05, 3.63) is 29.3 Å². The number of halogens is 1. The lowest BCUT2D eigenvalue weighted by Crippen LogP contribution is -2.38. The molecule has 1 saturated heterocycles. The van der Waals surface area contributed by atoms with E-state index in [-0.39, 0.29) is 34.6 Å². The molecule has 1 heterocycles. The summed E-state index contributed by atoms with van der Waals surface area (Å²) in [4.78, 5) is 14.8. The molecule has 7 heteroatoms. The molecular formula is C18H21ClN2O3S. The quantitative estimate of drug-likeness (QED) is 0.784. The highest BCUT2D eigenvalue weighted by atomic mass is 35.5. The number of nitriles is 1. The standard InChI is InChI=1S/C18H21ClN2O3S/c1-12(18(11-20)7-8-18)17(22)15-9-13(10-21(15)2)25(23,24)16-6-4-3-5-14(16)19/h3-6,12-13,15H,7-10H2,1-2H3. The molecule has 1 aromatic carbocycles. The lowest BCUT2D eigenvalue weighted by molar-refractivity contribution is -0.127. The number of likely N-dealkylation sites (tertiary alicyclic amines) is 1. The minimum absolute atomic E-state index is 0.0293. The van der Waals surface area contributed by atoms with Crippen molar-refractivity contribution in [2.75, 3.05) is 13.6 Å². The average molecular weight is 381 g/mol. The molecule has 0 spiro atoms. The van der Waals surface area contributed by atoms with Gasteiger partial charge in [-0.15, -0.1) is 0 Å². The number of sulfone groups is 1. The van der Waals surface area contributed by atoms with Crippen LogP contribution in [-0.2, 0) is 14.6 Å². The van der Waals surface area contributed by atoms with Crippen molar-refractivity contribution in [1.29, 1.82) is 5.26 Å². The van der Waals surface area contributed by atoms with Crippen LogP contribution in [-0.4, -0.2) is 44.0 Å². The van der Waals surface area contributed by atoms with Crippen LogP contribution in [0, 0.1) is 22.7 Å². The summed E-state index contributed by atoms with van der Waals surface area (Å²) in [6.45, 7) is 2.08. The summed E-state index contributed by atoms with van der Waals surface area (Å²) < 4.78 is 25.9. The largest absolute Gasteiger partial charge is 0.298 e. The van der Waals surface area contributed by atoms with E-state index in [1.807, 2.05) is 0 Å². The van der Waals surface area contributed by atoms with Crippen molar-refractivity contribution in [3.63, 3.8) is 0 Å². The molecule has 0 radical (unpaired) electrons. The Balaban J connectivity index is 1.81. The zero-order valence-corrected chi connectivity index (χ0v) is 15.8. The summed E-state index contributed by atoms with van der Waals surface area (Å²) in [6, 6.07) is 8.20. The maximum atomic E-state index is 12.9. The molecule has 134 valence electrons. The van der Waals surface area contributed by atoms with E-state index in [0.717, 1.165) is 12.8 Å². The number of benzene rings is 1. The fourth-order valence-electron chi connectivity index (χ4n) is 3.70. The number of carbonyl (C=O) groups excluding carboxylic acids is 1. The second-order valence-corrected chi connectivity index (χ2v) is 9.78. The van der Waals surface area contributed by atoms with Gasteiger partial charge >= 0.3 is 0 Å². The minimum Gasteiger partial charge on any atom is -0.298 e. The smallest absolute Gasteiger partial charge is 0.184 e. The first kappa shape index (κ1) is 18.4. The zero-order valence-electron chi connectivity index (χ0n) is 14.3. The van der Waals surface area contributed by atoms with Crippen LogP contribution in [0.3, 0.4) is 0 Å². The topological polar surface area (TPSA) is 78.2 Å². The first-order valence-corrected chi connectivity index (χ1v) is 10.3. The van der Waals surface area contributed by atoms with Gasteiger partial charge in [0.05, 0.1) is 32.7 Å². The maximum absolute atomic E-state index is 12.9. The van der Waals surface area contributed by atoms with Gasteiger partial charge in [0, 0.05) is 12.5 Å². The van der Waals surface area contributed by atoms with Gasteiger partial charge in [-0.25, -0.2) is 8.42 Å². The van der Waals surface area contributed by atoms with Crippen LogP contribution in [0.2, 0.25) is 5.02 Å². The molecule has 0 N–H and O–H groups in total. The fourth-order valence-corrected chi connectivity index (χ4v) is 5.99. The Morgan fingerprint density at radius 3 is 2.60 bits per heavy atom. The van der Waals surface area contributed by atoms with Crippen LogP contribution in [0.15, 0.2) is 29.2 Å². The number of Topliss-reactive ketones (excluding diaryl/α,β-unsaturated/α-hetero) is 1. The highest BCUT2D eigenvalue weighted by Crippen LogP contribution is 2.52. The molecule has 1 saturated carbocycles. The molecular weight excluding hydrogens is 360 g/mol. The Bertz CT molecular complexity index is 842. The van der Waals surface area contributed by atoms with Crippen LogP contribution in [0.25, 0.3) is 0 Å². The minimum atomic E-state index is -3.61. The van der Waals surface area contributed by atoms with Crippen molar-refractivity contribution in [1.82, 2.24) is 4.90 Å². The van der Waals surface area contributed by atoms with Gasteiger partial charge in [0.1, 0.15) is 0 Å². The molecule has 0 aromatic heterocycles. The number of hydrogen-bond donors (Lipinski definition) is 0. The van der Waals surface area contributed by atoms with E-state index in [1.165, 1.54) is 6.07 Å². The molecule has 1 aromatic rings. The molecule has 5 nitrogen and oxygen atoms in total. The Morgan fingerprint density at radius 1 is 1.40 bits per heavy atom. The van der Waals surface area contributed by atoms with Gasteiger partial charge in [-0.05, 0) is 38.4 Å². The summed E-state index contributed by atoms with van der Waals surface area (Å²) in [7, 11) is -1.84. The molecule has 0 amide bonds. The van der Waals surface area contributed by atoms with E-state index in [1.54, 1.807) is 37.1 Å². The summed E-state index contributed by atoms with van der Waals surface area (Å²) in [6.07, 6.45) is 1.73. The third-order valence-corrected chi connectivity index (χ3v) is 8.32. The SMILES string of the molecule is CC(C(=O)C1CC(S(=O)(=O)c2ccccc2Cl)CN1C)C1(C#N)CC1. The highest BCUT2D eigenvalue weighted by molar-refractivity contribution is 7.92. The van der Waals surface area contributed by atoms with Crippen molar-refractivity contribution < 1.29 is 13.2 Å². The van der Waals surface area contributed by atoms with Gasteiger partial charge in [0.2, 0.25) is 0 Å². The molecule has 2 fully saturated rings. The number of rotatable bonds is 5. The predicted molar refractivity (Wildman–Crippen MR) is 94.9 cm³/mol. The second kappa shape index (κ2) is 6.39. The molecule has 1 aliphatic carbocycles. The summed E-state index contributed by atoms with van der Waals surface area (Å²) in [5.41, 5.74) is -0.544. The van der Waals surface area contributed by atoms with Crippen LogP contribution < -0.4 is 0 Å². The Kier molecular flexibility index (Phi) is 4.69. The molecule has 25 heavy (non-hydrogen) atoms. The van der Waals surface area contributed by atoms with Gasteiger partial charge in [-0.2, -0.15) is 5.26 Å². The normalized spacial score (nSPS) is 26.8. The molecule has 3 atom stereocenters. The first-order chi connectivity index (χ1) is 11.7. The predicted octanol–water partition coefficient (Wildman–Crippen LogP) is 2.70. The van der Waals surface area contributed by atoms with Gasteiger partial charge < -0.3 is 0 Å². The van der Waals surface area contributed by atoms with Gasteiger partial charge in [-0.1, -0.05) is 30.7 Å². The van der Waals surface area contributed by atoms with Gasteiger partial charge in [0.15, 0.2) is 15.6 Å². The van der Waals surface area contributed by atoms with E-state index >= 15 is 0 Å². The summed E-state index contributed by atoms with van der Waals surface area (Å²) >= 11 is 6.06. The third kappa shape index (κ3) is 3.10. The first-order valence-electron chi connectivity index (χ1n) is 8.36. The monoisotopic (exact) mass is 380 g/mol. The van der Waals surface area contributed by atoms with E-state index in [0.29, 0.717) is 0 Å². The average Bonchev–Trinajstić information content (AvgIpc) is 3.29. The van der Waals surface area contributed by atoms with Crippen LogP contribution in [0.5, 0.6) is 0 Å². The van der Waals surface area contributed by atoms with E-state index < -0.39 is 26.5 Å². The van der Waals surface area contributed by atoms with Crippen molar-refractivity contribution in [3.8, 4) is 6.07 Å². The maximum Gasteiger partial charge on any atom is 0.184 e. The Labute approximate surface area is 153 Å². The number of hydrogen-bond acceptors (Lipinski definition) is 5. The van der Waals surface area contributed by atoms with E-state index in [9.17, 15) is 18.5 Å². The Hall–Kier alpha value is -1.42. The number of likely N-dealkylation sites (N-methyl/N-ethyl adjacent to an activating group) is 1. The van der Waals surface area contributed by atoms with Gasteiger partial charge in [0.25, 0.3) is 0 Å². The lowest BCUT2D eigenvalue weighted by atomic mass is 9.85. The van der Waals surface area contributed by atoms with Gasteiger partial charge in [-0.3, -0.25) is 9.69 Å². The number of ketones is 1. The van der Waals surface area contributed by atoms with Crippen molar-refractivity contribution >= 4 is 27.2 Å². The van der Waals surface area contributed by atoms with Crippen LogP contribution >= 0.6 is 11.6 Å². The Morgan fingerprint density at radius 2 is 2.04 bits per heavy atom. The zero-order chi connectivity index (χ0) is 18.4. The van der Waals surface area contributed by atoms with E-state index in [2.05, 4.69) is 6.07 Å². The molecule has 1 aliphatic heterocycles.